The van der Waals surface area contributed by atoms with Crippen LogP contribution in [0.1, 0.15) is 18.5 Å². The highest BCUT2D eigenvalue weighted by atomic mass is 35.5. The molecule has 1 aromatic rings. The second-order valence-corrected chi connectivity index (χ2v) is 3.76. The fourth-order valence-electron chi connectivity index (χ4n) is 1.43. The molecule has 0 aliphatic heterocycles. The maximum Gasteiger partial charge on any atom is 0.142 e. The van der Waals surface area contributed by atoms with E-state index in [1.165, 1.54) is 0 Å². The molecule has 0 heterocycles. The molecule has 0 fully saturated rings. The van der Waals surface area contributed by atoms with E-state index >= 15 is 0 Å². The van der Waals surface area contributed by atoms with Crippen molar-refractivity contribution in [1.29, 1.82) is 0 Å². The zero-order chi connectivity index (χ0) is 11.6. The van der Waals surface area contributed by atoms with Gasteiger partial charge in [-0.05, 0) is 26.1 Å². The van der Waals surface area contributed by atoms with Crippen molar-refractivity contribution in [3.63, 3.8) is 0 Å². The quantitative estimate of drug-likeness (QED) is 0.621. The van der Waals surface area contributed by atoms with Gasteiger partial charge in [-0.1, -0.05) is 23.8 Å². The minimum atomic E-state index is -0.630. The summed E-state index contributed by atoms with van der Waals surface area (Å²) in [6.45, 7) is 5.45. The SMILES string of the molecule is C=C(C)C(NC)c1cc(F)c(Cl)cc1F. The van der Waals surface area contributed by atoms with Crippen LogP contribution in [-0.2, 0) is 0 Å². The number of halogens is 3. The Bertz CT molecular complexity index is 390. The Hall–Kier alpha value is -0.930. The van der Waals surface area contributed by atoms with Crippen LogP contribution in [0.15, 0.2) is 24.3 Å². The van der Waals surface area contributed by atoms with E-state index in [2.05, 4.69) is 11.9 Å². The van der Waals surface area contributed by atoms with Crippen molar-refractivity contribution in [3.8, 4) is 0 Å². The van der Waals surface area contributed by atoms with E-state index in [1.54, 1.807) is 14.0 Å². The molecule has 0 saturated heterocycles. The molecule has 4 heteroatoms. The number of hydrogen-bond acceptors (Lipinski definition) is 1. The summed E-state index contributed by atoms with van der Waals surface area (Å²) in [6, 6.07) is 1.66. The van der Waals surface area contributed by atoms with E-state index in [0.717, 1.165) is 12.1 Å². The Morgan fingerprint density at radius 1 is 1.40 bits per heavy atom. The lowest BCUT2D eigenvalue weighted by atomic mass is 10.0. The van der Waals surface area contributed by atoms with Crippen molar-refractivity contribution in [2.75, 3.05) is 7.05 Å². The molecule has 1 atom stereocenters. The monoisotopic (exact) mass is 231 g/mol. The first-order chi connectivity index (χ1) is 6.97. The van der Waals surface area contributed by atoms with Crippen LogP contribution in [0, 0.1) is 11.6 Å². The standard InChI is InChI=1S/C11H12ClF2N/c1-6(2)11(15-3)7-4-10(14)8(12)5-9(7)13/h4-5,11,15H,1H2,2-3H3. The molecular formula is C11H12ClF2N. The van der Waals surface area contributed by atoms with Gasteiger partial charge in [-0.15, -0.1) is 0 Å². The van der Waals surface area contributed by atoms with Gasteiger partial charge in [0.1, 0.15) is 11.6 Å². The third kappa shape index (κ3) is 2.55. The normalized spacial score (nSPS) is 12.6. The highest BCUT2D eigenvalue weighted by molar-refractivity contribution is 6.30. The highest BCUT2D eigenvalue weighted by Gasteiger charge is 2.17. The summed E-state index contributed by atoms with van der Waals surface area (Å²) in [5, 5.41) is 2.64. The van der Waals surface area contributed by atoms with Gasteiger partial charge in [-0.3, -0.25) is 0 Å². The Morgan fingerprint density at radius 2 is 2.00 bits per heavy atom. The van der Waals surface area contributed by atoms with Gasteiger partial charge in [0.15, 0.2) is 0 Å². The van der Waals surface area contributed by atoms with Crippen LogP contribution in [0.4, 0.5) is 8.78 Å². The summed E-state index contributed by atoms with van der Waals surface area (Å²) < 4.78 is 26.7. The van der Waals surface area contributed by atoms with Crippen molar-refractivity contribution in [2.45, 2.75) is 13.0 Å². The van der Waals surface area contributed by atoms with Crippen molar-refractivity contribution < 1.29 is 8.78 Å². The van der Waals surface area contributed by atoms with Gasteiger partial charge in [-0.2, -0.15) is 0 Å². The zero-order valence-corrected chi connectivity index (χ0v) is 9.33. The first-order valence-electron chi connectivity index (χ1n) is 4.44. The number of rotatable bonds is 3. The van der Waals surface area contributed by atoms with E-state index in [-0.39, 0.29) is 10.6 Å². The molecule has 15 heavy (non-hydrogen) atoms. The van der Waals surface area contributed by atoms with Crippen molar-refractivity contribution >= 4 is 11.6 Å². The minimum Gasteiger partial charge on any atom is -0.310 e. The molecule has 0 aliphatic rings. The van der Waals surface area contributed by atoms with E-state index in [0.29, 0.717) is 5.57 Å². The summed E-state index contributed by atoms with van der Waals surface area (Å²) in [6.07, 6.45) is 0. The smallest absolute Gasteiger partial charge is 0.142 e. The Labute approximate surface area is 92.8 Å². The summed E-state index contributed by atoms with van der Waals surface area (Å²) in [4.78, 5) is 0. The largest absolute Gasteiger partial charge is 0.310 e. The van der Waals surface area contributed by atoms with Gasteiger partial charge < -0.3 is 5.32 Å². The first-order valence-corrected chi connectivity index (χ1v) is 4.82. The maximum absolute atomic E-state index is 13.5. The van der Waals surface area contributed by atoms with Crippen LogP contribution >= 0.6 is 11.6 Å². The molecule has 0 aliphatic carbocycles. The van der Waals surface area contributed by atoms with E-state index in [9.17, 15) is 8.78 Å². The van der Waals surface area contributed by atoms with Gasteiger partial charge in [0.25, 0.3) is 0 Å². The molecule has 0 saturated carbocycles. The number of benzene rings is 1. The Kier molecular flexibility index (Phi) is 3.83. The predicted molar refractivity (Wildman–Crippen MR) is 58.0 cm³/mol. The van der Waals surface area contributed by atoms with Crippen LogP contribution in [0.25, 0.3) is 0 Å². The van der Waals surface area contributed by atoms with Crippen molar-refractivity contribution in [2.24, 2.45) is 0 Å². The molecule has 1 rings (SSSR count). The van der Waals surface area contributed by atoms with Gasteiger partial charge in [0, 0.05) is 5.56 Å². The van der Waals surface area contributed by atoms with Gasteiger partial charge in [0.05, 0.1) is 11.1 Å². The van der Waals surface area contributed by atoms with Crippen molar-refractivity contribution in [3.05, 3.63) is 46.5 Å². The molecule has 0 bridgehead atoms. The third-order valence-electron chi connectivity index (χ3n) is 2.13. The van der Waals surface area contributed by atoms with E-state index in [1.807, 2.05) is 0 Å². The molecule has 1 aromatic carbocycles. The Morgan fingerprint density at radius 3 is 2.47 bits per heavy atom. The highest BCUT2D eigenvalue weighted by Crippen LogP contribution is 2.26. The summed E-state index contributed by atoms with van der Waals surface area (Å²) >= 11 is 5.46. The zero-order valence-electron chi connectivity index (χ0n) is 8.57. The second-order valence-electron chi connectivity index (χ2n) is 3.36. The number of nitrogens with one attached hydrogen (secondary N) is 1. The molecule has 1 unspecified atom stereocenters. The maximum atomic E-state index is 13.5. The molecule has 0 amide bonds. The predicted octanol–water partition coefficient (Wildman–Crippen LogP) is 3.45. The van der Waals surface area contributed by atoms with Crippen LogP contribution in [0.5, 0.6) is 0 Å². The third-order valence-corrected chi connectivity index (χ3v) is 2.42. The summed E-state index contributed by atoms with van der Waals surface area (Å²) in [7, 11) is 1.66. The van der Waals surface area contributed by atoms with Gasteiger partial charge in [-0.25, -0.2) is 8.78 Å². The molecule has 1 N–H and O–H groups in total. The molecule has 0 spiro atoms. The van der Waals surface area contributed by atoms with E-state index < -0.39 is 17.7 Å². The fraction of sp³-hybridized carbons (Fsp3) is 0.273. The average Bonchev–Trinajstić information content (AvgIpc) is 2.14. The van der Waals surface area contributed by atoms with Crippen LogP contribution in [0.2, 0.25) is 5.02 Å². The average molecular weight is 232 g/mol. The molecule has 82 valence electrons. The second kappa shape index (κ2) is 4.73. The number of hydrogen-bond donors (Lipinski definition) is 1. The Balaban J connectivity index is 3.24. The first kappa shape index (κ1) is 12.1. The molecule has 1 nitrogen and oxygen atoms in total. The summed E-state index contributed by atoms with van der Waals surface area (Å²) in [5.74, 6) is -1.17. The lowest BCUT2D eigenvalue weighted by Crippen LogP contribution is -2.18. The molecule has 0 aromatic heterocycles. The molecular weight excluding hydrogens is 220 g/mol. The lowest BCUT2D eigenvalue weighted by Gasteiger charge is -2.17. The minimum absolute atomic E-state index is 0.215. The number of likely N-dealkylation sites (N-methyl/N-ethyl adjacent to an activating group) is 1. The lowest BCUT2D eigenvalue weighted by molar-refractivity contribution is 0.555. The van der Waals surface area contributed by atoms with Gasteiger partial charge >= 0.3 is 0 Å². The van der Waals surface area contributed by atoms with Crippen LogP contribution in [-0.4, -0.2) is 7.05 Å². The van der Waals surface area contributed by atoms with Crippen LogP contribution in [0.3, 0.4) is 0 Å². The van der Waals surface area contributed by atoms with Crippen LogP contribution < -0.4 is 5.32 Å². The van der Waals surface area contributed by atoms with E-state index in [4.69, 9.17) is 11.6 Å². The van der Waals surface area contributed by atoms with Gasteiger partial charge in [0.2, 0.25) is 0 Å². The molecule has 0 radical (unpaired) electrons. The van der Waals surface area contributed by atoms with Crippen molar-refractivity contribution in [1.82, 2.24) is 5.32 Å². The fourth-order valence-corrected chi connectivity index (χ4v) is 1.58. The summed E-state index contributed by atoms with van der Waals surface area (Å²) in [5.41, 5.74) is 0.921. The topological polar surface area (TPSA) is 12.0 Å².